The van der Waals surface area contributed by atoms with Crippen LogP contribution in [0.5, 0.6) is 5.75 Å². The minimum absolute atomic E-state index is 0.346. The maximum Gasteiger partial charge on any atom is 0.115 e. The second-order valence-electron chi connectivity index (χ2n) is 5.87. The Labute approximate surface area is 116 Å². The molecule has 2 atom stereocenters. The molecule has 1 heterocycles. The van der Waals surface area contributed by atoms with Crippen molar-refractivity contribution in [1.29, 1.82) is 0 Å². The van der Waals surface area contributed by atoms with Crippen molar-refractivity contribution in [2.24, 2.45) is 5.92 Å². The van der Waals surface area contributed by atoms with Crippen LogP contribution in [0.1, 0.15) is 31.4 Å². The maximum atomic E-state index is 9.39. The van der Waals surface area contributed by atoms with Crippen LogP contribution in [-0.2, 0) is 0 Å². The molecule has 3 heteroatoms. The van der Waals surface area contributed by atoms with Gasteiger partial charge in [0.25, 0.3) is 0 Å². The van der Waals surface area contributed by atoms with Crippen molar-refractivity contribution < 1.29 is 5.11 Å². The first kappa shape index (κ1) is 14.4. The first-order valence-electron chi connectivity index (χ1n) is 7.28. The first-order valence-corrected chi connectivity index (χ1v) is 7.28. The van der Waals surface area contributed by atoms with Crippen molar-refractivity contribution >= 4 is 0 Å². The summed E-state index contributed by atoms with van der Waals surface area (Å²) in [6.07, 6.45) is 2.41. The molecule has 1 saturated heterocycles. The molecule has 0 bridgehead atoms. The Bertz CT molecular complexity index is 390. The van der Waals surface area contributed by atoms with E-state index in [0.29, 0.717) is 11.8 Å². The largest absolute Gasteiger partial charge is 0.508 e. The van der Waals surface area contributed by atoms with Gasteiger partial charge in [-0.3, -0.25) is 4.90 Å². The van der Waals surface area contributed by atoms with Crippen LogP contribution in [0.3, 0.4) is 0 Å². The Morgan fingerprint density at radius 2 is 2.05 bits per heavy atom. The Morgan fingerprint density at radius 3 is 2.58 bits per heavy atom. The summed E-state index contributed by atoms with van der Waals surface area (Å²) in [7, 11) is 4.43. The minimum Gasteiger partial charge on any atom is -0.508 e. The van der Waals surface area contributed by atoms with Crippen LogP contribution in [0.25, 0.3) is 0 Å². The number of phenols is 1. The number of phenolic OH excluding ortho intramolecular Hbond substituents is 1. The normalized spacial score (nSPS) is 22.0. The number of benzene rings is 1. The molecule has 0 aliphatic carbocycles. The Morgan fingerprint density at radius 1 is 1.37 bits per heavy atom. The van der Waals surface area contributed by atoms with E-state index in [2.05, 4.69) is 30.8 Å². The highest BCUT2D eigenvalue weighted by Gasteiger charge is 2.23. The molecule has 106 valence electrons. The third kappa shape index (κ3) is 3.71. The first-order chi connectivity index (χ1) is 9.10. The molecule has 1 fully saturated rings. The van der Waals surface area contributed by atoms with Gasteiger partial charge >= 0.3 is 0 Å². The molecule has 19 heavy (non-hydrogen) atoms. The fourth-order valence-electron chi connectivity index (χ4n) is 3.21. The van der Waals surface area contributed by atoms with E-state index in [0.717, 1.165) is 18.9 Å². The molecule has 1 aromatic carbocycles. The highest BCUT2D eigenvalue weighted by molar-refractivity contribution is 5.28. The number of likely N-dealkylation sites (tertiary alicyclic amines) is 1. The molecule has 0 radical (unpaired) electrons. The average Bonchev–Trinajstić information content (AvgIpc) is 2.78. The lowest BCUT2D eigenvalue weighted by atomic mass is 10.0. The zero-order valence-electron chi connectivity index (χ0n) is 12.3. The number of rotatable bonds is 5. The van der Waals surface area contributed by atoms with Crippen LogP contribution < -0.4 is 0 Å². The summed E-state index contributed by atoms with van der Waals surface area (Å²) in [6, 6.07) is 8.11. The van der Waals surface area contributed by atoms with Gasteiger partial charge in [-0.2, -0.15) is 0 Å². The Balaban J connectivity index is 1.98. The lowest BCUT2D eigenvalue weighted by molar-refractivity contribution is 0.202. The molecule has 1 aliphatic rings. The molecule has 0 amide bonds. The molecule has 2 unspecified atom stereocenters. The van der Waals surface area contributed by atoms with Gasteiger partial charge in [-0.1, -0.05) is 19.1 Å². The topological polar surface area (TPSA) is 26.7 Å². The number of hydrogen-bond acceptors (Lipinski definition) is 3. The van der Waals surface area contributed by atoms with Crippen molar-refractivity contribution in [3.05, 3.63) is 29.8 Å². The van der Waals surface area contributed by atoms with Crippen molar-refractivity contribution in [1.82, 2.24) is 9.80 Å². The lowest BCUT2D eigenvalue weighted by Gasteiger charge is -2.30. The van der Waals surface area contributed by atoms with Gasteiger partial charge in [0.1, 0.15) is 5.75 Å². The van der Waals surface area contributed by atoms with Gasteiger partial charge in [0.2, 0.25) is 0 Å². The molecule has 0 saturated carbocycles. The standard InChI is InChI=1S/C16H26N2O/c1-4-16(14-5-7-15(19)8-6-14)18(3)12-13-9-10-17(2)11-13/h5-8,13,16,19H,4,9-12H2,1-3H3. The van der Waals surface area contributed by atoms with E-state index in [1.165, 1.54) is 25.1 Å². The van der Waals surface area contributed by atoms with E-state index < -0.39 is 0 Å². The van der Waals surface area contributed by atoms with Crippen molar-refractivity contribution in [2.45, 2.75) is 25.8 Å². The van der Waals surface area contributed by atoms with Crippen LogP contribution in [0, 0.1) is 5.92 Å². The van der Waals surface area contributed by atoms with Gasteiger partial charge in [-0.15, -0.1) is 0 Å². The van der Waals surface area contributed by atoms with E-state index in [1.807, 2.05) is 12.1 Å². The summed E-state index contributed by atoms with van der Waals surface area (Å²) in [5, 5.41) is 9.39. The fraction of sp³-hybridized carbons (Fsp3) is 0.625. The van der Waals surface area contributed by atoms with Crippen LogP contribution in [-0.4, -0.2) is 48.6 Å². The molecular formula is C16H26N2O. The van der Waals surface area contributed by atoms with Gasteiger partial charge in [-0.25, -0.2) is 0 Å². The van der Waals surface area contributed by atoms with Crippen LogP contribution in [0.4, 0.5) is 0 Å². The van der Waals surface area contributed by atoms with E-state index in [4.69, 9.17) is 0 Å². The van der Waals surface area contributed by atoms with Crippen LogP contribution in [0.15, 0.2) is 24.3 Å². The summed E-state index contributed by atoms with van der Waals surface area (Å²) in [5.74, 6) is 1.14. The predicted octanol–water partition coefficient (Wildman–Crippen LogP) is 2.73. The number of aromatic hydroxyl groups is 1. The van der Waals surface area contributed by atoms with Gasteiger partial charge in [0.05, 0.1) is 0 Å². The highest BCUT2D eigenvalue weighted by Crippen LogP contribution is 2.26. The zero-order chi connectivity index (χ0) is 13.8. The van der Waals surface area contributed by atoms with Crippen molar-refractivity contribution in [3.8, 4) is 5.75 Å². The SMILES string of the molecule is CCC(c1ccc(O)cc1)N(C)CC1CCN(C)C1. The van der Waals surface area contributed by atoms with E-state index in [-0.39, 0.29) is 0 Å². The molecule has 1 aromatic rings. The summed E-state index contributed by atoms with van der Waals surface area (Å²) in [6.45, 7) is 5.84. The average molecular weight is 262 g/mol. The summed E-state index contributed by atoms with van der Waals surface area (Å²) < 4.78 is 0. The van der Waals surface area contributed by atoms with Crippen LogP contribution >= 0.6 is 0 Å². The Kier molecular flexibility index (Phi) is 4.83. The quantitative estimate of drug-likeness (QED) is 0.884. The molecule has 0 aromatic heterocycles. The summed E-state index contributed by atoms with van der Waals surface area (Å²) in [5.41, 5.74) is 1.30. The molecule has 2 rings (SSSR count). The third-order valence-corrected chi connectivity index (χ3v) is 4.23. The second-order valence-corrected chi connectivity index (χ2v) is 5.87. The number of hydrogen-bond donors (Lipinski definition) is 1. The minimum atomic E-state index is 0.346. The van der Waals surface area contributed by atoms with Crippen molar-refractivity contribution in [2.75, 3.05) is 33.7 Å². The van der Waals surface area contributed by atoms with Gasteiger partial charge in [-0.05, 0) is 57.1 Å². The highest BCUT2D eigenvalue weighted by atomic mass is 16.3. The smallest absolute Gasteiger partial charge is 0.115 e. The van der Waals surface area contributed by atoms with Crippen molar-refractivity contribution in [3.63, 3.8) is 0 Å². The number of nitrogens with zero attached hydrogens (tertiary/aromatic N) is 2. The van der Waals surface area contributed by atoms with Crippen LogP contribution in [0.2, 0.25) is 0 Å². The molecule has 3 nitrogen and oxygen atoms in total. The monoisotopic (exact) mass is 262 g/mol. The third-order valence-electron chi connectivity index (χ3n) is 4.23. The maximum absolute atomic E-state index is 9.39. The zero-order valence-corrected chi connectivity index (χ0v) is 12.3. The van der Waals surface area contributed by atoms with E-state index in [1.54, 1.807) is 12.1 Å². The molecular weight excluding hydrogens is 236 g/mol. The van der Waals surface area contributed by atoms with E-state index >= 15 is 0 Å². The lowest BCUT2D eigenvalue weighted by Crippen LogP contribution is -2.30. The molecule has 0 spiro atoms. The summed E-state index contributed by atoms with van der Waals surface area (Å²) >= 11 is 0. The van der Waals surface area contributed by atoms with Gasteiger partial charge < -0.3 is 10.0 Å². The van der Waals surface area contributed by atoms with E-state index in [9.17, 15) is 5.11 Å². The van der Waals surface area contributed by atoms with Gasteiger partial charge in [0, 0.05) is 19.1 Å². The summed E-state index contributed by atoms with van der Waals surface area (Å²) in [4.78, 5) is 4.89. The molecule has 1 N–H and O–H groups in total. The van der Waals surface area contributed by atoms with Gasteiger partial charge in [0.15, 0.2) is 0 Å². The second kappa shape index (κ2) is 6.40. The fourth-order valence-corrected chi connectivity index (χ4v) is 3.21. The Hall–Kier alpha value is -1.06. The predicted molar refractivity (Wildman–Crippen MR) is 79.4 cm³/mol. The molecule has 1 aliphatic heterocycles.